The van der Waals surface area contributed by atoms with E-state index in [0.29, 0.717) is 10.0 Å². The van der Waals surface area contributed by atoms with Crippen molar-refractivity contribution in [1.29, 1.82) is 0 Å². The van der Waals surface area contributed by atoms with Crippen molar-refractivity contribution < 1.29 is 13.3 Å². The van der Waals surface area contributed by atoms with Gasteiger partial charge in [0.25, 0.3) is 15.7 Å². The maximum atomic E-state index is 12.5. The molecule has 0 aliphatic rings. The second-order valence-electron chi connectivity index (χ2n) is 5.63. The number of nitro benzene ring substituents is 1. The van der Waals surface area contributed by atoms with Gasteiger partial charge in [-0.3, -0.25) is 19.5 Å². The highest BCUT2D eigenvalue weighted by Gasteiger charge is 2.20. The molecule has 0 unspecified atom stereocenters. The Hall–Kier alpha value is -2.33. The second-order valence-corrected chi connectivity index (χ2v) is 8.54. The van der Waals surface area contributed by atoms with E-state index in [4.69, 9.17) is 34.8 Å². The minimum atomic E-state index is -4.12. The van der Waals surface area contributed by atoms with E-state index in [-0.39, 0.29) is 28.0 Å². The fraction of sp³-hybridized carbons (Fsp3) is 0.0625. The molecule has 0 fully saturated rings. The molecule has 1 N–H and O–H groups in total. The van der Waals surface area contributed by atoms with Gasteiger partial charge in [-0.15, -0.1) is 0 Å². The summed E-state index contributed by atoms with van der Waals surface area (Å²) >= 11 is 17.9. The molecule has 3 rings (SSSR count). The van der Waals surface area contributed by atoms with Gasteiger partial charge in [-0.25, -0.2) is 8.42 Å². The summed E-state index contributed by atoms with van der Waals surface area (Å²) in [6, 6.07) is 9.69. The number of nitrogens with one attached hydrogen (secondary N) is 1. The summed E-state index contributed by atoms with van der Waals surface area (Å²) in [7, 11) is -4.12. The average molecular weight is 462 g/mol. The third kappa shape index (κ3) is 4.56. The molecule has 0 amide bonds. The first kappa shape index (κ1) is 20.4. The Morgan fingerprint density at radius 2 is 1.82 bits per heavy atom. The largest absolute Gasteiger partial charge is 0.270 e. The molecule has 0 aliphatic carbocycles. The minimum Gasteiger partial charge on any atom is -0.265 e. The molecule has 0 atom stereocenters. The van der Waals surface area contributed by atoms with Crippen LogP contribution in [0, 0.1) is 10.1 Å². The lowest BCUT2D eigenvalue weighted by molar-refractivity contribution is -0.385. The zero-order chi connectivity index (χ0) is 20.5. The molecule has 0 spiro atoms. The molecule has 0 bridgehead atoms. The number of nitrogens with zero attached hydrogens (tertiary/aromatic N) is 3. The molecule has 0 aliphatic heterocycles. The van der Waals surface area contributed by atoms with Crippen LogP contribution in [0.15, 0.2) is 53.6 Å². The predicted molar refractivity (Wildman–Crippen MR) is 107 cm³/mol. The lowest BCUT2D eigenvalue weighted by Gasteiger charge is -2.06. The molecule has 3 aromatic rings. The van der Waals surface area contributed by atoms with Gasteiger partial charge in [0, 0.05) is 18.3 Å². The topological polar surface area (TPSA) is 107 Å². The van der Waals surface area contributed by atoms with Gasteiger partial charge in [0.1, 0.15) is 5.02 Å². The number of anilines is 1. The number of benzene rings is 2. The Labute approximate surface area is 174 Å². The summed E-state index contributed by atoms with van der Waals surface area (Å²) < 4.78 is 28.7. The number of non-ortho nitro benzene ring substituents is 1. The van der Waals surface area contributed by atoms with E-state index < -0.39 is 14.9 Å². The molecule has 0 saturated heterocycles. The molecule has 8 nitrogen and oxygen atoms in total. The number of rotatable bonds is 6. The van der Waals surface area contributed by atoms with Crippen molar-refractivity contribution in [3.8, 4) is 0 Å². The second kappa shape index (κ2) is 7.96. The molecule has 1 heterocycles. The average Bonchev–Trinajstić information content (AvgIpc) is 2.96. The highest BCUT2D eigenvalue weighted by molar-refractivity contribution is 7.92. The maximum absolute atomic E-state index is 12.5. The summed E-state index contributed by atoms with van der Waals surface area (Å²) in [6.45, 7) is 0.273. The van der Waals surface area contributed by atoms with E-state index in [9.17, 15) is 18.5 Å². The monoisotopic (exact) mass is 460 g/mol. The number of nitro groups is 1. The SMILES string of the molecule is O=[N+]([O-])c1cccc(S(=O)(=O)Nc2nn(Cc3ccc(Cl)c(Cl)c3)cc2Cl)c1. The third-order valence-electron chi connectivity index (χ3n) is 3.62. The van der Waals surface area contributed by atoms with Gasteiger partial charge in [-0.2, -0.15) is 5.10 Å². The first-order chi connectivity index (χ1) is 13.2. The number of hydrogen-bond acceptors (Lipinski definition) is 5. The van der Waals surface area contributed by atoms with E-state index >= 15 is 0 Å². The van der Waals surface area contributed by atoms with Crippen LogP contribution in [-0.4, -0.2) is 23.1 Å². The van der Waals surface area contributed by atoms with Crippen molar-refractivity contribution >= 4 is 56.3 Å². The first-order valence-corrected chi connectivity index (χ1v) is 10.2. The predicted octanol–water partition coefficient (Wildman–Crippen LogP) is 4.60. The Bertz CT molecular complexity index is 1160. The number of aromatic nitrogens is 2. The highest BCUT2D eigenvalue weighted by Crippen LogP contribution is 2.26. The molecule has 12 heteroatoms. The van der Waals surface area contributed by atoms with Gasteiger partial charge in [0.15, 0.2) is 5.82 Å². The number of hydrogen-bond donors (Lipinski definition) is 1. The van der Waals surface area contributed by atoms with Crippen LogP contribution >= 0.6 is 34.8 Å². The van der Waals surface area contributed by atoms with E-state index in [0.717, 1.165) is 11.6 Å². The van der Waals surface area contributed by atoms with Gasteiger partial charge in [-0.1, -0.05) is 46.9 Å². The van der Waals surface area contributed by atoms with Crippen LogP contribution in [0.4, 0.5) is 11.5 Å². The van der Waals surface area contributed by atoms with Crippen molar-refractivity contribution in [2.45, 2.75) is 11.4 Å². The molecule has 0 radical (unpaired) electrons. The maximum Gasteiger partial charge on any atom is 0.270 e. The van der Waals surface area contributed by atoms with Gasteiger partial charge >= 0.3 is 0 Å². The molecule has 28 heavy (non-hydrogen) atoms. The van der Waals surface area contributed by atoms with Gasteiger partial charge in [0.05, 0.1) is 26.4 Å². The Kier molecular flexibility index (Phi) is 5.80. The van der Waals surface area contributed by atoms with Crippen LogP contribution in [0.3, 0.4) is 0 Å². The van der Waals surface area contributed by atoms with Crippen LogP contribution < -0.4 is 4.72 Å². The van der Waals surface area contributed by atoms with E-state index in [1.165, 1.54) is 29.1 Å². The van der Waals surface area contributed by atoms with Gasteiger partial charge < -0.3 is 0 Å². The highest BCUT2D eigenvalue weighted by atomic mass is 35.5. The van der Waals surface area contributed by atoms with E-state index in [2.05, 4.69) is 9.82 Å². The molecule has 1 aromatic heterocycles. The fourth-order valence-electron chi connectivity index (χ4n) is 2.32. The van der Waals surface area contributed by atoms with Crippen molar-refractivity contribution in [1.82, 2.24) is 9.78 Å². The zero-order valence-electron chi connectivity index (χ0n) is 13.8. The van der Waals surface area contributed by atoms with Crippen LogP contribution in [0.5, 0.6) is 0 Å². The van der Waals surface area contributed by atoms with Crippen LogP contribution in [0.25, 0.3) is 0 Å². The number of halogens is 3. The Morgan fingerprint density at radius 1 is 1.07 bits per heavy atom. The minimum absolute atomic E-state index is 0.0640. The van der Waals surface area contributed by atoms with Crippen molar-refractivity contribution in [2.24, 2.45) is 0 Å². The normalized spacial score (nSPS) is 11.4. The summed E-state index contributed by atoms with van der Waals surface area (Å²) in [4.78, 5) is 9.89. The van der Waals surface area contributed by atoms with Crippen LogP contribution in [-0.2, 0) is 16.6 Å². The lowest BCUT2D eigenvalue weighted by atomic mass is 10.2. The number of sulfonamides is 1. The Balaban J connectivity index is 1.83. The van der Waals surface area contributed by atoms with Gasteiger partial charge in [0.2, 0.25) is 0 Å². The fourth-order valence-corrected chi connectivity index (χ4v) is 3.95. The molecule has 0 saturated carbocycles. The Morgan fingerprint density at radius 3 is 2.50 bits per heavy atom. The third-order valence-corrected chi connectivity index (χ3v) is 5.97. The summed E-state index contributed by atoms with van der Waals surface area (Å²) in [5, 5.41) is 15.8. The quantitative estimate of drug-likeness (QED) is 0.426. The summed E-state index contributed by atoms with van der Waals surface area (Å²) in [5.74, 6) is -0.103. The zero-order valence-corrected chi connectivity index (χ0v) is 16.9. The van der Waals surface area contributed by atoms with Crippen molar-refractivity contribution in [2.75, 3.05) is 4.72 Å². The standard InChI is InChI=1S/C16H11Cl3N4O4S/c17-13-5-4-10(6-14(13)18)8-22-9-15(19)16(20-22)21-28(26,27)12-3-1-2-11(7-12)23(24)25/h1-7,9H,8H2,(H,20,21). The molecular formula is C16H11Cl3N4O4S. The first-order valence-electron chi connectivity index (χ1n) is 7.60. The van der Waals surface area contributed by atoms with Crippen molar-refractivity contribution in [3.05, 3.63) is 79.4 Å². The smallest absolute Gasteiger partial charge is 0.265 e. The molecular weight excluding hydrogens is 451 g/mol. The van der Waals surface area contributed by atoms with Gasteiger partial charge in [-0.05, 0) is 23.8 Å². The van der Waals surface area contributed by atoms with Crippen molar-refractivity contribution in [3.63, 3.8) is 0 Å². The molecule has 2 aromatic carbocycles. The van der Waals surface area contributed by atoms with Crippen LogP contribution in [0.2, 0.25) is 15.1 Å². The van der Waals surface area contributed by atoms with E-state index in [1.807, 2.05) is 0 Å². The summed E-state index contributed by atoms with van der Waals surface area (Å²) in [6.07, 6.45) is 1.44. The van der Waals surface area contributed by atoms with Crippen LogP contribution in [0.1, 0.15) is 5.56 Å². The summed E-state index contributed by atoms with van der Waals surface area (Å²) in [5.41, 5.74) is 0.431. The molecule has 146 valence electrons. The van der Waals surface area contributed by atoms with E-state index in [1.54, 1.807) is 18.2 Å². The lowest BCUT2D eigenvalue weighted by Crippen LogP contribution is -2.14.